The van der Waals surface area contributed by atoms with Crippen molar-refractivity contribution in [1.82, 2.24) is 9.78 Å². The van der Waals surface area contributed by atoms with E-state index in [1.165, 1.54) is 23.2 Å². The minimum absolute atomic E-state index is 0.242. The van der Waals surface area contributed by atoms with E-state index in [0.717, 1.165) is 31.5 Å². The number of rotatable bonds is 3. The molecular weight excluding hydrogens is 246 g/mol. The lowest BCUT2D eigenvalue weighted by atomic mass is 9.74. The summed E-state index contributed by atoms with van der Waals surface area (Å²) in [6, 6.07) is 10.8. The Labute approximate surface area is 120 Å². The van der Waals surface area contributed by atoms with Gasteiger partial charge in [-0.3, -0.25) is 4.68 Å². The van der Waals surface area contributed by atoms with Gasteiger partial charge in [0.05, 0.1) is 5.69 Å². The van der Waals surface area contributed by atoms with Gasteiger partial charge in [0.1, 0.15) is 0 Å². The molecule has 1 aromatic heterocycles. The highest BCUT2D eigenvalue weighted by Gasteiger charge is 2.33. The molecule has 1 atom stereocenters. The molecule has 0 bridgehead atoms. The summed E-state index contributed by atoms with van der Waals surface area (Å²) < 4.78 is 2.08. The minimum Gasteiger partial charge on any atom is -0.321 e. The van der Waals surface area contributed by atoms with Gasteiger partial charge in [0.2, 0.25) is 0 Å². The van der Waals surface area contributed by atoms with Gasteiger partial charge < -0.3 is 5.73 Å². The summed E-state index contributed by atoms with van der Waals surface area (Å²) in [6.07, 6.45) is 4.25. The van der Waals surface area contributed by atoms with Crippen molar-refractivity contribution in [2.75, 3.05) is 0 Å². The zero-order chi connectivity index (χ0) is 14.2. The number of fused-ring (bicyclic) bond motifs is 1. The molecule has 1 unspecified atom stereocenters. The molecule has 0 radical (unpaired) electrons. The van der Waals surface area contributed by atoms with Crippen LogP contribution in [-0.4, -0.2) is 9.78 Å². The molecule has 0 saturated carbocycles. The summed E-state index contributed by atoms with van der Waals surface area (Å²) >= 11 is 0. The van der Waals surface area contributed by atoms with E-state index in [9.17, 15) is 0 Å². The third-order valence-electron chi connectivity index (χ3n) is 4.40. The van der Waals surface area contributed by atoms with Crippen LogP contribution in [0.1, 0.15) is 42.3 Å². The first-order valence-electron chi connectivity index (χ1n) is 7.53. The average molecular weight is 269 g/mol. The first-order valence-corrected chi connectivity index (χ1v) is 7.53. The third-order valence-corrected chi connectivity index (χ3v) is 4.40. The molecule has 3 nitrogen and oxygen atoms in total. The maximum absolute atomic E-state index is 6.79. The Kier molecular flexibility index (Phi) is 3.38. The second kappa shape index (κ2) is 5.06. The van der Waals surface area contributed by atoms with E-state index in [1.54, 1.807) is 0 Å². The van der Waals surface area contributed by atoms with Gasteiger partial charge in [-0.05, 0) is 50.3 Å². The first-order chi connectivity index (χ1) is 9.62. The molecule has 2 N–H and O–H groups in total. The Bertz CT molecular complexity index is 614. The van der Waals surface area contributed by atoms with Crippen LogP contribution >= 0.6 is 0 Å². The number of hydrogen-bond acceptors (Lipinski definition) is 2. The molecule has 20 heavy (non-hydrogen) atoms. The van der Waals surface area contributed by atoms with Crippen molar-refractivity contribution in [3.63, 3.8) is 0 Å². The van der Waals surface area contributed by atoms with Crippen molar-refractivity contribution < 1.29 is 0 Å². The fraction of sp³-hybridized carbons (Fsp3) is 0.471. The van der Waals surface area contributed by atoms with Crippen LogP contribution in [0.25, 0.3) is 0 Å². The van der Waals surface area contributed by atoms with Gasteiger partial charge in [-0.1, -0.05) is 24.3 Å². The van der Waals surface area contributed by atoms with Gasteiger partial charge in [-0.2, -0.15) is 5.10 Å². The number of aromatic nitrogens is 2. The zero-order valence-electron chi connectivity index (χ0n) is 12.4. The molecule has 2 aromatic rings. The molecule has 1 aliphatic rings. The summed E-state index contributed by atoms with van der Waals surface area (Å²) in [5, 5.41) is 4.54. The predicted octanol–water partition coefficient (Wildman–Crippen LogP) is 2.94. The van der Waals surface area contributed by atoms with E-state index >= 15 is 0 Å². The van der Waals surface area contributed by atoms with Crippen LogP contribution in [0, 0.1) is 6.92 Å². The largest absolute Gasteiger partial charge is 0.321 e. The summed E-state index contributed by atoms with van der Waals surface area (Å²) in [5.74, 6) is 0. The lowest BCUT2D eigenvalue weighted by Gasteiger charge is -2.36. The van der Waals surface area contributed by atoms with Gasteiger partial charge in [-0.15, -0.1) is 0 Å². The van der Waals surface area contributed by atoms with Gasteiger partial charge in [-0.25, -0.2) is 0 Å². The topological polar surface area (TPSA) is 43.8 Å². The molecule has 0 fully saturated rings. The molecule has 0 aliphatic heterocycles. The molecule has 1 aromatic carbocycles. The molecule has 3 rings (SSSR count). The van der Waals surface area contributed by atoms with Crippen molar-refractivity contribution in [3.05, 3.63) is 52.8 Å². The molecule has 1 aliphatic carbocycles. The molecule has 0 spiro atoms. The van der Waals surface area contributed by atoms with E-state index in [0.29, 0.717) is 0 Å². The molecule has 1 heterocycles. The number of hydrogen-bond donors (Lipinski definition) is 1. The van der Waals surface area contributed by atoms with Gasteiger partial charge in [0.15, 0.2) is 0 Å². The average Bonchev–Trinajstić information content (AvgIpc) is 2.79. The van der Waals surface area contributed by atoms with Crippen molar-refractivity contribution in [2.24, 2.45) is 5.73 Å². The SMILES string of the molecule is CCn1nc(C)cc1CC1(N)CCCc2ccccc21. The highest BCUT2D eigenvalue weighted by Crippen LogP contribution is 2.35. The second-order valence-electron chi connectivity index (χ2n) is 5.94. The number of nitrogens with two attached hydrogens (primary N) is 1. The Morgan fingerprint density at radius 1 is 1.35 bits per heavy atom. The summed E-state index contributed by atoms with van der Waals surface area (Å²) in [4.78, 5) is 0. The van der Waals surface area contributed by atoms with Crippen LogP contribution in [0.15, 0.2) is 30.3 Å². The van der Waals surface area contributed by atoms with Crippen LogP contribution in [0.3, 0.4) is 0 Å². The molecule has 0 amide bonds. The first kappa shape index (κ1) is 13.4. The third kappa shape index (κ3) is 2.27. The Morgan fingerprint density at radius 3 is 2.95 bits per heavy atom. The highest BCUT2D eigenvalue weighted by atomic mass is 15.3. The van der Waals surface area contributed by atoms with Crippen LogP contribution in [0.2, 0.25) is 0 Å². The standard InChI is InChI=1S/C17H23N3/c1-3-20-15(11-13(2)19-20)12-17(18)10-6-8-14-7-4-5-9-16(14)17/h4-5,7,9,11H,3,6,8,10,12,18H2,1-2H3. The summed E-state index contributed by atoms with van der Waals surface area (Å²) in [6.45, 7) is 5.09. The van der Waals surface area contributed by atoms with Crippen LogP contribution in [-0.2, 0) is 24.9 Å². The smallest absolute Gasteiger partial charge is 0.0596 e. The Balaban J connectivity index is 1.97. The maximum atomic E-state index is 6.79. The minimum atomic E-state index is -0.242. The predicted molar refractivity (Wildman–Crippen MR) is 81.6 cm³/mol. The fourth-order valence-corrected chi connectivity index (χ4v) is 3.48. The summed E-state index contributed by atoms with van der Waals surface area (Å²) in [5.41, 5.74) is 11.6. The van der Waals surface area contributed by atoms with Gasteiger partial charge in [0.25, 0.3) is 0 Å². The Morgan fingerprint density at radius 2 is 2.15 bits per heavy atom. The lowest BCUT2D eigenvalue weighted by molar-refractivity contribution is 0.359. The summed E-state index contributed by atoms with van der Waals surface area (Å²) in [7, 11) is 0. The molecule has 0 saturated heterocycles. The highest BCUT2D eigenvalue weighted by molar-refractivity contribution is 5.37. The monoisotopic (exact) mass is 269 g/mol. The molecule has 106 valence electrons. The lowest BCUT2D eigenvalue weighted by Crippen LogP contribution is -2.42. The maximum Gasteiger partial charge on any atom is 0.0596 e. The van der Waals surface area contributed by atoms with E-state index in [2.05, 4.69) is 47.0 Å². The fourth-order valence-electron chi connectivity index (χ4n) is 3.48. The van der Waals surface area contributed by atoms with Crippen LogP contribution in [0.4, 0.5) is 0 Å². The quantitative estimate of drug-likeness (QED) is 0.931. The normalized spacial score (nSPS) is 21.8. The van der Waals surface area contributed by atoms with Crippen LogP contribution in [0.5, 0.6) is 0 Å². The number of aryl methyl sites for hydroxylation is 3. The van der Waals surface area contributed by atoms with E-state index in [4.69, 9.17) is 5.73 Å². The van der Waals surface area contributed by atoms with Crippen LogP contribution < -0.4 is 5.73 Å². The molecule has 3 heteroatoms. The zero-order valence-corrected chi connectivity index (χ0v) is 12.4. The van der Waals surface area contributed by atoms with Gasteiger partial charge in [0, 0.05) is 24.2 Å². The van der Waals surface area contributed by atoms with Crippen molar-refractivity contribution in [3.8, 4) is 0 Å². The number of benzene rings is 1. The van der Waals surface area contributed by atoms with E-state index in [-0.39, 0.29) is 5.54 Å². The van der Waals surface area contributed by atoms with Gasteiger partial charge >= 0.3 is 0 Å². The van der Waals surface area contributed by atoms with Crippen molar-refractivity contribution in [1.29, 1.82) is 0 Å². The second-order valence-corrected chi connectivity index (χ2v) is 5.94. The van der Waals surface area contributed by atoms with Crippen molar-refractivity contribution in [2.45, 2.75) is 51.6 Å². The van der Waals surface area contributed by atoms with Crippen molar-refractivity contribution >= 4 is 0 Å². The molecular formula is C17H23N3. The van der Waals surface area contributed by atoms with E-state index in [1.807, 2.05) is 6.92 Å². The number of nitrogens with zero attached hydrogens (tertiary/aromatic N) is 2. The van der Waals surface area contributed by atoms with E-state index < -0.39 is 0 Å². The Hall–Kier alpha value is -1.61.